The topological polar surface area (TPSA) is 60.4 Å². The highest BCUT2D eigenvalue weighted by Gasteiger charge is 2.44. The van der Waals surface area contributed by atoms with Gasteiger partial charge in [0.1, 0.15) is 5.78 Å². The van der Waals surface area contributed by atoms with Gasteiger partial charge in [0.05, 0.1) is 17.1 Å². The molecule has 19 heavy (non-hydrogen) atoms. The Balaban J connectivity index is 1.67. The Morgan fingerprint density at radius 2 is 1.84 bits per heavy atom. The monoisotopic (exact) mass is 286 g/mol. The highest BCUT2D eigenvalue weighted by Crippen LogP contribution is 2.43. The standard InChI is InChI=1S/C14H22O4S/c15-13(12-4-8-19(16,17)10-12)11-3-7-18-14(9-11)5-1-2-6-14/h11-12H,1-10H2. The zero-order chi connectivity index (χ0) is 13.5. The van der Waals surface area contributed by atoms with Crippen molar-refractivity contribution in [2.24, 2.45) is 11.8 Å². The van der Waals surface area contributed by atoms with E-state index in [0.717, 1.165) is 25.7 Å². The number of rotatable bonds is 2. The molecule has 2 saturated heterocycles. The highest BCUT2D eigenvalue weighted by molar-refractivity contribution is 7.91. The number of carbonyl (C=O) groups excluding carboxylic acids is 1. The van der Waals surface area contributed by atoms with Crippen LogP contribution in [0.5, 0.6) is 0 Å². The molecule has 1 spiro atoms. The molecule has 0 N–H and O–H groups in total. The van der Waals surface area contributed by atoms with Gasteiger partial charge >= 0.3 is 0 Å². The number of hydrogen-bond acceptors (Lipinski definition) is 4. The van der Waals surface area contributed by atoms with Crippen molar-refractivity contribution in [2.45, 2.75) is 50.5 Å². The summed E-state index contributed by atoms with van der Waals surface area (Å²) in [5.41, 5.74) is -0.0595. The molecule has 1 aliphatic carbocycles. The summed E-state index contributed by atoms with van der Waals surface area (Å²) in [5, 5.41) is 0. The van der Waals surface area contributed by atoms with Crippen molar-refractivity contribution in [3.63, 3.8) is 0 Å². The fourth-order valence-electron chi connectivity index (χ4n) is 3.99. The molecule has 0 bridgehead atoms. The van der Waals surface area contributed by atoms with Crippen LogP contribution < -0.4 is 0 Å². The first-order chi connectivity index (χ1) is 9.00. The van der Waals surface area contributed by atoms with Crippen LogP contribution in [0.15, 0.2) is 0 Å². The molecule has 4 nitrogen and oxygen atoms in total. The third kappa shape index (κ3) is 2.72. The van der Waals surface area contributed by atoms with E-state index in [1.54, 1.807) is 0 Å². The van der Waals surface area contributed by atoms with Crippen LogP contribution in [0.4, 0.5) is 0 Å². The van der Waals surface area contributed by atoms with Crippen molar-refractivity contribution in [3.8, 4) is 0 Å². The molecule has 3 aliphatic rings. The zero-order valence-corrected chi connectivity index (χ0v) is 12.1. The van der Waals surface area contributed by atoms with E-state index in [-0.39, 0.29) is 34.7 Å². The van der Waals surface area contributed by atoms with Gasteiger partial charge in [-0.3, -0.25) is 4.79 Å². The van der Waals surface area contributed by atoms with Gasteiger partial charge in [0.2, 0.25) is 0 Å². The summed E-state index contributed by atoms with van der Waals surface area (Å²) in [7, 11) is -2.96. The van der Waals surface area contributed by atoms with Crippen LogP contribution in [0.1, 0.15) is 44.9 Å². The zero-order valence-electron chi connectivity index (χ0n) is 11.3. The molecule has 108 valence electrons. The Morgan fingerprint density at radius 3 is 2.47 bits per heavy atom. The van der Waals surface area contributed by atoms with Gasteiger partial charge in [0.25, 0.3) is 0 Å². The average molecular weight is 286 g/mol. The van der Waals surface area contributed by atoms with E-state index >= 15 is 0 Å². The van der Waals surface area contributed by atoms with Crippen LogP contribution >= 0.6 is 0 Å². The van der Waals surface area contributed by atoms with Gasteiger partial charge in [-0.25, -0.2) is 8.42 Å². The third-order valence-corrected chi connectivity index (χ3v) is 6.81. The van der Waals surface area contributed by atoms with Crippen LogP contribution in [-0.2, 0) is 19.4 Å². The number of Topliss-reactive ketones (excluding diaryl/α,β-unsaturated/α-hetero) is 1. The van der Waals surface area contributed by atoms with Crippen molar-refractivity contribution < 1.29 is 17.9 Å². The number of hydrogen-bond donors (Lipinski definition) is 0. The van der Waals surface area contributed by atoms with E-state index in [1.807, 2.05) is 0 Å². The maximum atomic E-state index is 12.5. The molecule has 2 heterocycles. The van der Waals surface area contributed by atoms with Crippen molar-refractivity contribution >= 4 is 15.6 Å². The summed E-state index contributed by atoms with van der Waals surface area (Å²) in [5.74, 6) is 0.251. The van der Waals surface area contributed by atoms with Gasteiger partial charge < -0.3 is 4.74 Å². The smallest absolute Gasteiger partial charge is 0.151 e. The fraction of sp³-hybridized carbons (Fsp3) is 0.929. The van der Waals surface area contributed by atoms with Crippen molar-refractivity contribution in [3.05, 3.63) is 0 Å². The maximum absolute atomic E-state index is 12.5. The van der Waals surface area contributed by atoms with Crippen molar-refractivity contribution in [1.82, 2.24) is 0 Å². The molecule has 1 saturated carbocycles. The molecule has 0 aromatic heterocycles. The second kappa shape index (κ2) is 4.85. The van der Waals surface area contributed by atoms with E-state index in [2.05, 4.69) is 0 Å². The second-order valence-corrected chi connectivity index (χ2v) is 8.66. The molecular weight excluding hydrogens is 264 g/mol. The van der Waals surface area contributed by atoms with Crippen LogP contribution in [0.2, 0.25) is 0 Å². The molecule has 0 amide bonds. The van der Waals surface area contributed by atoms with Gasteiger partial charge in [-0.1, -0.05) is 12.8 Å². The lowest BCUT2D eigenvalue weighted by Crippen LogP contribution is -2.41. The predicted octanol–water partition coefficient (Wildman–Crippen LogP) is 1.73. The highest BCUT2D eigenvalue weighted by atomic mass is 32.2. The molecule has 0 aromatic carbocycles. The molecule has 2 unspecified atom stereocenters. The SMILES string of the molecule is O=C(C1CCOC2(CCCC2)C1)C1CCS(=O)(=O)C1. The first kappa shape index (κ1) is 13.6. The summed E-state index contributed by atoms with van der Waals surface area (Å²) in [6.45, 7) is 0.663. The minimum atomic E-state index is -2.96. The lowest BCUT2D eigenvalue weighted by Gasteiger charge is -2.38. The molecule has 0 radical (unpaired) electrons. The van der Waals surface area contributed by atoms with Crippen LogP contribution in [-0.4, -0.2) is 37.9 Å². The largest absolute Gasteiger partial charge is 0.375 e. The summed E-state index contributed by atoms with van der Waals surface area (Å²) in [6, 6.07) is 0. The average Bonchev–Trinajstić information content (AvgIpc) is 2.96. The number of sulfone groups is 1. The van der Waals surface area contributed by atoms with Gasteiger partial charge in [0, 0.05) is 18.4 Å². The van der Waals surface area contributed by atoms with Crippen LogP contribution in [0.3, 0.4) is 0 Å². The first-order valence-electron chi connectivity index (χ1n) is 7.38. The van der Waals surface area contributed by atoms with E-state index in [4.69, 9.17) is 4.74 Å². The van der Waals surface area contributed by atoms with Crippen LogP contribution in [0, 0.1) is 11.8 Å². The van der Waals surface area contributed by atoms with E-state index < -0.39 is 9.84 Å². The van der Waals surface area contributed by atoms with Crippen molar-refractivity contribution in [2.75, 3.05) is 18.1 Å². The maximum Gasteiger partial charge on any atom is 0.151 e. The van der Waals surface area contributed by atoms with E-state index in [0.29, 0.717) is 13.0 Å². The van der Waals surface area contributed by atoms with E-state index in [9.17, 15) is 13.2 Å². The minimum Gasteiger partial charge on any atom is -0.375 e. The molecule has 3 fully saturated rings. The summed E-state index contributed by atoms with van der Waals surface area (Å²) in [6.07, 6.45) is 6.65. The lowest BCUT2D eigenvalue weighted by atomic mass is 9.79. The molecule has 2 atom stereocenters. The van der Waals surface area contributed by atoms with E-state index in [1.165, 1.54) is 12.8 Å². The quantitative estimate of drug-likeness (QED) is 0.775. The summed E-state index contributed by atoms with van der Waals surface area (Å²) < 4.78 is 28.9. The Kier molecular flexibility index (Phi) is 3.46. The van der Waals surface area contributed by atoms with Gasteiger partial charge in [-0.2, -0.15) is 0 Å². The summed E-state index contributed by atoms with van der Waals surface area (Å²) in [4.78, 5) is 12.5. The first-order valence-corrected chi connectivity index (χ1v) is 9.20. The molecular formula is C14H22O4S. The Labute approximate surface area is 114 Å². The Bertz CT molecular complexity index is 462. The van der Waals surface area contributed by atoms with Gasteiger partial charge in [0.15, 0.2) is 9.84 Å². The number of carbonyl (C=O) groups is 1. The Hall–Kier alpha value is -0.420. The molecule has 3 rings (SSSR count). The van der Waals surface area contributed by atoms with Gasteiger partial charge in [-0.15, -0.1) is 0 Å². The fourth-order valence-corrected chi connectivity index (χ4v) is 5.75. The normalized spacial score (nSPS) is 36.6. The second-order valence-electron chi connectivity index (χ2n) is 6.43. The van der Waals surface area contributed by atoms with Gasteiger partial charge in [-0.05, 0) is 32.1 Å². The minimum absolute atomic E-state index is 0.0325. The summed E-state index contributed by atoms with van der Waals surface area (Å²) >= 11 is 0. The third-order valence-electron chi connectivity index (χ3n) is 5.04. The predicted molar refractivity (Wildman–Crippen MR) is 71.6 cm³/mol. The molecule has 2 aliphatic heterocycles. The Morgan fingerprint density at radius 1 is 1.11 bits per heavy atom. The van der Waals surface area contributed by atoms with Crippen LogP contribution in [0.25, 0.3) is 0 Å². The lowest BCUT2D eigenvalue weighted by molar-refractivity contribution is -0.139. The number of ether oxygens (including phenoxy) is 1. The molecule has 5 heteroatoms. The number of ketones is 1. The van der Waals surface area contributed by atoms with Crippen molar-refractivity contribution in [1.29, 1.82) is 0 Å². The molecule has 0 aromatic rings.